The van der Waals surface area contributed by atoms with Crippen molar-refractivity contribution in [2.24, 2.45) is 10.8 Å². The van der Waals surface area contributed by atoms with Crippen molar-refractivity contribution in [1.82, 2.24) is 10.6 Å². The van der Waals surface area contributed by atoms with Gasteiger partial charge in [0.05, 0.1) is 11.8 Å². The zero-order valence-corrected chi connectivity index (χ0v) is 11.6. The Kier molecular flexibility index (Phi) is 4.13. The largest absolute Gasteiger partial charge is 0.481 e. The summed E-state index contributed by atoms with van der Waals surface area (Å²) in [5, 5.41) is 15.2. The lowest BCUT2D eigenvalue weighted by Crippen LogP contribution is -2.52. The van der Waals surface area contributed by atoms with Crippen LogP contribution in [0.1, 0.15) is 45.4 Å². The Morgan fingerprint density at radius 2 is 2.00 bits per heavy atom. The Labute approximate surface area is 114 Å². The summed E-state index contributed by atoms with van der Waals surface area (Å²) in [6, 6.07) is 0. The molecule has 0 radical (unpaired) electrons. The fourth-order valence-electron chi connectivity index (χ4n) is 3.14. The third-order valence-corrected chi connectivity index (χ3v) is 4.71. The van der Waals surface area contributed by atoms with Gasteiger partial charge in [-0.05, 0) is 44.6 Å². The SMILES string of the molecule is CC1(C(=O)NCC2(CC(=O)O)CCC2)CCCNC1. The zero-order valence-electron chi connectivity index (χ0n) is 11.6. The Balaban J connectivity index is 1.87. The first kappa shape index (κ1) is 14.3. The molecule has 0 aromatic carbocycles. The van der Waals surface area contributed by atoms with Gasteiger partial charge in [0.2, 0.25) is 5.91 Å². The Morgan fingerprint density at radius 3 is 2.47 bits per heavy atom. The predicted octanol–water partition coefficient (Wildman–Crippen LogP) is 1.14. The maximum absolute atomic E-state index is 12.3. The molecule has 1 saturated heterocycles. The minimum Gasteiger partial charge on any atom is -0.481 e. The summed E-state index contributed by atoms with van der Waals surface area (Å²) < 4.78 is 0. The minimum atomic E-state index is -0.764. The van der Waals surface area contributed by atoms with E-state index in [0.29, 0.717) is 13.1 Å². The summed E-state index contributed by atoms with van der Waals surface area (Å²) in [6.45, 7) is 4.18. The van der Waals surface area contributed by atoms with E-state index in [0.717, 1.165) is 38.6 Å². The highest BCUT2D eigenvalue weighted by Gasteiger charge is 2.41. The lowest BCUT2D eigenvalue weighted by atomic mass is 9.66. The number of carbonyl (C=O) groups excluding carboxylic acids is 1. The molecule has 0 bridgehead atoms. The second kappa shape index (κ2) is 5.49. The lowest BCUT2D eigenvalue weighted by Gasteiger charge is -2.42. The number of amides is 1. The summed E-state index contributed by atoms with van der Waals surface area (Å²) in [5.41, 5.74) is -0.535. The molecular weight excluding hydrogens is 244 g/mol. The summed E-state index contributed by atoms with van der Waals surface area (Å²) in [4.78, 5) is 23.2. The molecule has 1 heterocycles. The zero-order chi connectivity index (χ0) is 13.9. The van der Waals surface area contributed by atoms with Crippen LogP contribution in [0.25, 0.3) is 0 Å². The van der Waals surface area contributed by atoms with Crippen LogP contribution in [0.4, 0.5) is 0 Å². The van der Waals surface area contributed by atoms with Gasteiger partial charge in [0, 0.05) is 13.1 Å². The van der Waals surface area contributed by atoms with Crippen LogP contribution in [0.5, 0.6) is 0 Å². The number of rotatable bonds is 5. The van der Waals surface area contributed by atoms with Crippen LogP contribution in [-0.2, 0) is 9.59 Å². The third-order valence-electron chi connectivity index (χ3n) is 4.71. The molecule has 3 N–H and O–H groups in total. The van der Waals surface area contributed by atoms with Crippen molar-refractivity contribution in [2.45, 2.75) is 45.4 Å². The molecular formula is C14H24N2O3. The van der Waals surface area contributed by atoms with E-state index in [4.69, 9.17) is 5.11 Å². The summed E-state index contributed by atoms with van der Waals surface area (Å²) in [7, 11) is 0. The van der Waals surface area contributed by atoms with E-state index in [1.165, 1.54) is 0 Å². The summed E-state index contributed by atoms with van der Waals surface area (Å²) in [5.74, 6) is -0.698. The lowest BCUT2D eigenvalue weighted by molar-refractivity contribution is -0.142. The Hall–Kier alpha value is -1.10. The maximum atomic E-state index is 12.3. The Bertz CT molecular complexity index is 358. The van der Waals surface area contributed by atoms with Crippen molar-refractivity contribution in [3.8, 4) is 0 Å². The van der Waals surface area contributed by atoms with Crippen molar-refractivity contribution >= 4 is 11.9 Å². The highest BCUT2D eigenvalue weighted by molar-refractivity contribution is 5.82. The topological polar surface area (TPSA) is 78.4 Å². The van der Waals surface area contributed by atoms with Crippen molar-refractivity contribution < 1.29 is 14.7 Å². The van der Waals surface area contributed by atoms with E-state index < -0.39 is 5.97 Å². The van der Waals surface area contributed by atoms with Crippen LogP contribution in [0, 0.1) is 10.8 Å². The van der Waals surface area contributed by atoms with Crippen molar-refractivity contribution in [1.29, 1.82) is 0 Å². The predicted molar refractivity (Wildman–Crippen MR) is 71.8 cm³/mol. The first-order valence-electron chi connectivity index (χ1n) is 7.17. The number of carboxylic acids is 1. The minimum absolute atomic E-state index is 0.0661. The van der Waals surface area contributed by atoms with Crippen LogP contribution < -0.4 is 10.6 Å². The fourth-order valence-corrected chi connectivity index (χ4v) is 3.14. The standard InChI is InChI=1S/C14H24N2O3/c1-13(4-3-7-15-9-13)12(19)16-10-14(5-2-6-14)8-11(17)18/h15H,2-10H2,1H3,(H,16,19)(H,17,18). The molecule has 2 fully saturated rings. The van der Waals surface area contributed by atoms with Crippen LogP contribution in [0.2, 0.25) is 0 Å². The molecule has 5 nitrogen and oxygen atoms in total. The summed E-state index contributed by atoms with van der Waals surface area (Å²) in [6.07, 6.45) is 4.98. The quantitative estimate of drug-likeness (QED) is 0.698. The van der Waals surface area contributed by atoms with Gasteiger partial charge < -0.3 is 15.7 Å². The highest BCUT2D eigenvalue weighted by atomic mass is 16.4. The van der Waals surface area contributed by atoms with E-state index in [1.54, 1.807) is 0 Å². The fraction of sp³-hybridized carbons (Fsp3) is 0.857. The molecule has 5 heteroatoms. The van der Waals surface area contributed by atoms with Gasteiger partial charge in [0.15, 0.2) is 0 Å². The average molecular weight is 268 g/mol. The van der Waals surface area contributed by atoms with Gasteiger partial charge in [-0.25, -0.2) is 0 Å². The Morgan fingerprint density at radius 1 is 1.26 bits per heavy atom. The number of piperidine rings is 1. The molecule has 0 aromatic heterocycles. The molecule has 1 saturated carbocycles. The van der Waals surface area contributed by atoms with Crippen molar-refractivity contribution in [3.05, 3.63) is 0 Å². The molecule has 108 valence electrons. The van der Waals surface area contributed by atoms with Crippen LogP contribution in [0.3, 0.4) is 0 Å². The first-order chi connectivity index (χ1) is 8.96. The molecule has 1 unspecified atom stereocenters. The first-order valence-corrected chi connectivity index (χ1v) is 7.17. The number of carboxylic acid groups (broad SMARTS) is 1. The molecule has 1 atom stereocenters. The molecule has 2 rings (SSSR count). The number of hydrogen-bond donors (Lipinski definition) is 3. The van der Waals surface area contributed by atoms with Gasteiger partial charge in [-0.2, -0.15) is 0 Å². The van der Waals surface area contributed by atoms with Crippen LogP contribution in [0.15, 0.2) is 0 Å². The molecule has 1 amide bonds. The van der Waals surface area contributed by atoms with Crippen molar-refractivity contribution in [3.63, 3.8) is 0 Å². The third kappa shape index (κ3) is 3.26. The van der Waals surface area contributed by atoms with Gasteiger partial charge >= 0.3 is 5.97 Å². The van der Waals surface area contributed by atoms with E-state index >= 15 is 0 Å². The van der Waals surface area contributed by atoms with Gasteiger partial charge in [-0.15, -0.1) is 0 Å². The molecule has 1 aliphatic heterocycles. The smallest absolute Gasteiger partial charge is 0.303 e. The van der Waals surface area contributed by atoms with Gasteiger partial charge in [-0.1, -0.05) is 6.42 Å². The van der Waals surface area contributed by atoms with E-state index in [2.05, 4.69) is 10.6 Å². The monoisotopic (exact) mass is 268 g/mol. The normalized spacial score (nSPS) is 29.3. The molecule has 1 aliphatic carbocycles. The highest BCUT2D eigenvalue weighted by Crippen LogP contribution is 2.43. The van der Waals surface area contributed by atoms with E-state index in [1.807, 2.05) is 6.92 Å². The molecule has 0 aromatic rings. The molecule has 19 heavy (non-hydrogen) atoms. The number of nitrogens with one attached hydrogen (secondary N) is 2. The number of aliphatic carboxylic acids is 1. The van der Waals surface area contributed by atoms with E-state index in [-0.39, 0.29) is 23.2 Å². The maximum Gasteiger partial charge on any atom is 0.303 e. The average Bonchev–Trinajstić information content (AvgIpc) is 2.32. The summed E-state index contributed by atoms with van der Waals surface area (Å²) >= 11 is 0. The molecule has 0 spiro atoms. The second-order valence-corrected chi connectivity index (χ2v) is 6.45. The number of carbonyl (C=O) groups is 2. The van der Waals surface area contributed by atoms with Crippen molar-refractivity contribution in [2.75, 3.05) is 19.6 Å². The van der Waals surface area contributed by atoms with Gasteiger partial charge in [0.1, 0.15) is 0 Å². The van der Waals surface area contributed by atoms with Gasteiger partial charge in [-0.3, -0.25) is 9.59 Å². The second-order valence-electron chi connectivity index (χ2n) is 6.45. The van der Waals surface area contributed by atoms with Gasteiger partial charge in [0.25, 0.3) is 0 Å². The molecule has 2 aliphatic rings. The number of hydrogen-bond acceptors (Lipinski definition) is 3. The van der Waals surface area contributed by atoms with E-state index in [9.17, 15) is 9.59 Å². The van der Waals surface area contributed by atoms with Crippen LogP contribution >= 0.6 is 0 Å². The van der Waals surface area contributed by atoms with Crippen LogP contribution in [-0.4, -0.2) is 36.6 Å².